The average molecular weight is 294 g/mol. The lowest BCUT2D eigenvalue weighted by Gasteiger charge is -2.14. The number of nitrogens with zero attached hydrogens (tertiary/aromatic N) is 2. The second-order valence-electron chi connectivity index (χ2n) is 5.01. The van der Waals surface area contributed by atoms with Crippen molar-refractivity contribution < 1.29 is 9.90 Å². The topological polar surface area (TPSA) is 63.1 Å². The monoisotopic (exact) mass is 294 g/mol. The van der Waals surface area contributed by atoms with Crippen LogP contribution in [-0.2, 0) is 5.41 Å². The third-order valence-corrected chi connectivity index (χ3v) is 4.70. The van der Waals surface area contributed by atoms with Gasteiger partial charge in [0.15, 0.2) is 0 Å². The first kappa shape index (κ1) is 13.9. The molecule has 4 nitrogen and oxygen atoms in total. The Morgan fingerprint density at radius 1 is 1.16 bits per heavy atom. The van der Waals surface area contributed by atoms with Crippen molar-refractivity contribution in [1.29, 1.82) is 0 Å². The molecule has 0 saturated carbocycles. The van der Waals surface area contributed by atoms with Gasteiger partial charge >= 0.3 is 5.97 Å². The molecule has 0 unspecified atom stereocenters. The van der Waals surface area contributed by atoms with Crippen molar-refractivity contribution in [1.82, 2.24) is 9.97 Å². The van der Waals surface area contributed by atoms with Crippen LogP contribution in [0, 0.1) is 0 Å². The van der Waals surface area contributed by atoms with Gasteiger partial charge in [-0.05, 0) is 17.6 Å². The summed E-state index contributed by atoms with van der Waals surface area (Å²) >= 11 is 2.79. The maximum atomic E-state index is 10.7. The van der Waals surface area contributed by atoms with E-state index < -0.39 is 5.97 Å². The van der Waals surface area contributed by atoms with Gasteiger partial charge in [0, 0.05) is 11.1 Å². The number of carboxylic acid groups (broad SMARTS) is 1. The largest absolute Gasteiger partial charge is 0.477 e. The third kappa shape index (κ3) is 3.48. The molecule has 0 saturated heterocycles. The smallest absolute Gasteiger partial charge is 0.347 e. The van der Waals surface area contributed by atoms with Crippen molar-refractivity contribution in [2.45, 2.75) is 26.2 Å². The van der Waals surface area contributed by atoms with E-state index in [-0.39, 0.29) is 10.3 Å². The van der Waals surface area contributed by atoms with E-state index in [1.54, 1.807) is 17.4 Å². The highest BCUT2D eigenvalue weighted by Crippen LogP contribution is 2.28. The van der Waals surface area contributed by atoms with Crippen LogP contribution in [0.4, 0.5) is 0 Å². The van der Waals surface area contributed by atoms with Crippen LogP contribution in [0.1, 0.15) is 45.3 Å². The summed E-state index contributed by atoms with van der Waals surface area (Å²) in [6, 6.07) is 0. The maximum absolute atomic E-state index is 10.7. The Labute approximate surface area is 119 Å². The van der Waals surface area contributed by atoms with Gasteiger partial charge < -0.3 is 5.11 Å². The summed E-state index contributed by atoms with van der Waals surface area (Å²) < 4.78 is 0. The van der Waals surface area contributed by atoms with Crippen LogP contribution < -0.4 is 0 Å². The number of aromatic nitrogens is 2. The predicted molar refractivity (Wildman–Crippen MR) is 78.8 cm³/mol. The Kier molecular flexibility index (Phi) is 3.82. The van der Waals surface area contributed by atoms with Crippen molar-refractivity contribution in [2.24, 2.45) is 0 Å². The van der Waals surface area contributed by atoms with E-state index in [9.17, 15) is 4.79 Å². The van der Waals surface area contributed by atoms with Crippen molar-refractivity contribution in [3.63, 3.8) is 0 Å². The molecule has 6 heteroatoms. The van der Waals surface area contributed by atoms with Crippen LogP contribution in [0.2, 0.25) is 0 Å². The molecule has 0 bridgehead atoms. The molecule has 0 aliphatic rings. The second-order valence-corrected chi connectivity index (χ2v) is 7.14. The molecule has 0 amide bonds. The van der Waals surface area contributed by atoms with Gasteiger partial charge in [-0.25, -0.2) is 14.8 Å². The SMILES string of the molecule is CC(C)(C)c1cnc(/C=C/c2ncc(C(=O)O)s2)s1. The Morgan fingerprint density at radius 3 is 2.21 bits per heavy atom. The van der Waals surface area contributed by atoms with Crippen LogP contribution in [0.25, 0.3) is 12.2 Å². The van der Waals surface area contributed by atoms with E-state index >= 15 is 0 Å². The number of hydrogen-bond donors (Lipinski definition) is 1. The normalized spacial score (nSPS) is 12.2. The van der Waals surface area contributed by atoms with Gasteiger partial charge in [0.2, 0.25) is 0 Å². The van der Waals surface area contributed by atoms with Gasteiger partial charge in [-0.1, -0.05) is 20.8 Å². The molecule has 2 rings (SSSR count). The van der Waals surface area contributed by atoms with Crippen LogP contribution in [-0.4, -0.2) is 21.0 Å². The lowest BCUT2D eigenvalue weighted by Crippen LogP contribution is -2.07. The van der Waals surface area contributed by atoms with Gasteiger partial charge in [-0.3, -0.25) is 0 Å². The summed E-state index contributed by atoms with van der Waals surface area (Å²) in [5, 5.41) is 10.4. The van der Waals surface area contributed by atoms with Crippen molar-refractivity contribution >= 4 is 40.8 Å². The average Bonchev–Trinajstić information content (AvgIpc) is 2.95. The van der Waals surface area contributed by atoms with E-state index in [0.717, 1.165) is 16.3 Å². The zero-order valence-electron chi connectivity index (χ0n) is 10.9. The van der Waals surface area contributed by atoms with Crippen LogP contribution in [0.15, 0.2) is 12.4 Å². The van der Waals surface area contributed by atoms with E-state index in [4.69, 9.17) is 5.11 Å². The van der Waals surface area contributed by atoms with E-state index in [2.05, 4.69) is 30.7 Å². The summed E-state index contributed by atoms with van der Waals surface area (Å²) in [6.45, 7) is 6.44. The molecular formula is C13H14N2O2S2. The second kappa shape index (κ2) is 5.22. The van der Waals surface area contributed by atoms with Crippen molar-refractivity contribution in [2.75, 3.05) is 0 Å². The van der Waals surface area contributed by atoms with Gasteiger partial charge in [0.25, 0.3) is 0 Å². The highest BCUT2D eigenvalue weighted by atomic mass is 32.1. The van der Waals surface area contributed by atoms with E-state index in [1.807, 2.05) is 12.3 Å². The number of rotatable bonds is 3. The summed E-state index contributed by atoms with van der Waals surface area (Å²) in [7, 11) is 0. The molecular weight excluding hydrogens is 280 g/mol. The van der Waals surface area contributed by atoms with Crippen molar-refractivity contribution in [3.05, 3.63) is 32.2 Å². The van der Waals surface area contributed by atoms with Gasteiger partial charge in [-0.15, -0.1) is 22.7 Å². The number of carboxylic acids is 1. The Morgan fingerprint density at radius 2 is 1.74 bits per heavy atom. The highest BCUT2D eigenvalue weighted by Gasteiger charge is 2.16. The Hall–Kier alpha value is -1.53. The van der Waals surface area contributed by atoms with Gasteiger partial charge in [0.05, 0.1) is 6.20 Å². The molecule has 0 aromatic carbocycles. The Bertz CT molecular complexity index is 621. The summed E-state index contributed by atoms with van der Waals surface area (Å²) in [5.41, 5.74) is 0.0986. The van der Waals surface area contributed by atoms with Gasteiger partial charge in [-0.2, -0.15) is 0 Å². The first-order chi connectivity index (χ1) is 8.86. The number of carbonyl (C=O) groups is 1. The molecule has 1 N–H and O–H groups in total. The fraction of sp³-hybridized carbons (Fsp3) is 0.308. The molecule has 2 aromatic heterocycles. The minimum atomic E-state index is -0.943. The molecule has 0 aliphatic carbocycles. The minimum absolute atomic E-state index is 0.0986. The summed E-state index contributed by atoms with van der Waals surface area (Å²) in [5.74, 6) is -0.943. The minimum Gasteiger partial charge on any atom is -0.477 e. The molecule has 0 fully saturated rings. The van der Waals surface area contributed by atoms with E-state index in [1.165, 1.54) is 11.1 Å². The van der Waals surface area contributed by atoms with Gasteiger partial charge in [0.1, 0.15) is 14.9 Å². The molecule has 2 aromatic rings. The fourth-order valence-electron chi connectivity index (χ4n) is 1.32. The molecule has 2 heterocycles. The van der Waals surface area contributed by atoms with Crippen LogP contribution >= 0.6 is 22.7 Å². The van der Waals surface area contributed by atoms with Crippen molar-refractivity contribution in [3.8, 4) is 0 Å². The number of aromatic carboxylic acids is 1. The lowest BCUT2D eigenvalue weighted by molar-refractivity contribution is 0.0702. The third-order valence-electron chi connectivity index (χ3n) is 2.37. The molecule has 0 aliphatic heterocycles. The first-order valence-corrected chi connectivity index (χ1v) is 7.33. The zero-order valence-corrected chi connectivity index (χ0v) is 12.5. The molecule has 19 heavy (non-hydrogen) atoms. The predicted octanol–water partition coefficient (Wildman–Crippen LogP) is 3.77. The molecule has 0 spiro atoms. The number of thiazole rings is 2. The zero-order chi connectivity index (χ0) is 14.0. The molecule has 100 valence electrons. The first-order valence-electron chi connectivity index (χ1n) is 5.70. The maximum Gasteiger partial charge on any atom is 0.347 e. The lowest BCUT2D eigenvalue weighted by atomic mass is 9.96. The highest BCUT2D eigenvalue weighted by molar-refractivity contribution is 7.14. The fourth-order valence-corrected chi connectivity index (χ4v) is 2.86. The molecule has 0 radical (unpaired) electrons. The molecule has 0 atom stereocenters. The van der Waals surface area contributed by atoms with Crippen LogP contribution in [0.5, 0.6) is 0 Å². The van der Waals surface area contributed by atoms with E-state index in [0.29, 0.717) is 5.01 Å². The quantitative estimate of drug-likeness (QED) is 0.936. The standard InChI is InChI=1S/C13H14N2O2S2/c1-13(2,3)9-7-15-11(19-9)5-4-10-14-6-8(18-10)12(16)17/h4-7H,1-3H3,(H,16,17)/b5-4+. The van der Waals surface area contributed by atoms with Crippen LogP contribution in [0.3, 0.4) is 0 Å². The Balaban J connectivity index is 2.14. The summed E-state index contributed by atoms with van der Waals surface area (Å²) in [6.07, 6.45) is 6.91. The summed E-state index contributed by atoms with van der Waals surface area (Å²) in [4.78, 5) is 20.6. The number of hydrogen-bond acceptors (Lipinski definition) is 5.